The summed E-state index contributed by atoms with van der Waals surface area (Å²) >= 11 is 6.03. The normalized spacial score (nSPS) is 16.7. The van der Waals surface area contributed by atoms with Gasteiger partial charge in [0.05, 0.1) is 13.0 Å². The maximum Gasteiger partial charge on any atom is 0.227 e. The monoisotopic (exact) mass is 384 g/mol. The maximum atomic E-state index is 13.9. The van der Waals surface area contributed by atoms with Gasteiger partial charge in [-0.15, -0.1) is 0 Å². The summed E-state index contributed by atoms with van der Waals surface area (Å²) in [6.07, 6.45) is 2.30. The van der Waals surface area contributed by atoms with Crippen LogP contribution in [0.15, 0.2) is 54.7 Å². The van der Waals surface area contributed by atoms with Crippen LogP contribution in [0.1, 0.15) is 12.0 Å². The molecule has 1 unspecified atom stereocenters. The first-order chi connectivity index (χ1) is 13.1. The van der Waals surface area contributed by atoms with Crippen molar-refractivity contribution in [2.24, 2.45) is 0 Å². The first-order valence-electron chi connectivity index (χ1n) is 8.83. The Kier molecular flexibility index (Phi) is 4.94. The van der Waals surface area contributed by atoms with Crippen molar-refractivity contribution in [2.75, 3.05) is 13.1 Å². The van der Waals surface area contributed by atoms with Crippen molar-refractivity contribution in [1.82, 2.24) is 9.88 Å². The van der Waals surface area contributed by atoms with E-state index in [1.807, 2.05) is 30.3 Å². The molecular formula is C21H18ClFN2O2. The molecule has 27 heavy (non-hydrogen) atoms. The fourth-order valence-electron chi connectivity index (χ4n) is 3.37. The Morgan fingerprint density at radius 1 is 1.22 bits per heavy atom. The molecule has 0 saturated carbocycles. The lowest BCUT2D eigenvalue weighted by atomic mass is 10.1. The van der Waals surface area contributed by atoms with E-state index in [4.69, 9.17) is 16.3 Å². The number of amides is 1. The van der Waals surface area contributed by atoms with Crippen molar-refractivity contribution in [3.8, 4) is 5.75 Å². The highest BCUT2D eigenvalue weighted by Gasteiger charge is 2.28. The van der Waals surface area contributed by atoms with Gasteiger partial charge in [-0.2, -0.15) is 0 Å². The minimum Gasteiger partial charge on any atom is -0.486 e. The molecule has 0 aliphatic carbocycles. The van der Waals surface area contributed by atoms with E-state index in [0.29, 0.717) is 18.8 Å². The van der Waals surface area contributed by atoms with E-state index in [1.54, 1.807) is 17.2 Å². The molecule has 1 atom stereocenters. The Bertz CT molecular complexity index is 969. The minimum absolute atomic E-state index is 0.0476. The third-order valence-electron chi connectivity index (χ3n) is 4.78. The van der Waals surface area contributed by atoms with Crippen molar-refractivity contribution in [1.29, 1.82) is 0 Å². The summed E-state index contributed by atoms with van der Waals surface area (Å²) < 4.78 is 20.0. The van der Waals surface area contributed by atoms with E-state index in [-0.39, 0.29) is 29.0 Å². The highest BCUT2D eigenvalue weighted by atomic mass is 35.5. The lowest BCUT2D eigenvalue weighted by Crippen LogP contribution is -2.32. The molecule has 1 aliphatic rings. The van der Waals surface area contributed by atoms with Gasteiger partial charge < -0.3 is 9.64 Å². The number of carbonyl (C=O) groups excluding carboxylic acids is 1. The van der Waals surface area contributed by atoms with Gasteiger partial charge in [0.25, 0.3) is 0 Å². The fraction of sp³-hybridized carbons (Fsp3) is 0.238. The van der Waals surface area contributed by atoms with E-state index in [2.05, 4.69) is 4.98 Å². The van der Waals surface area contributed by atoms with Crippen LogP contribution in [0.3, 0.4) is 0 Å². The molecule has 1 fully saturated rings. The van der Waals surface area contributed by atoms with Crippen molar-refractivity contribution in [3.05, 3.63) is 71.1 Å². The first-order valence-corrected chi connectivity index (χ1v) is 9.20. The molecule has 2 heterocycles. The summed E-state index contributed by atoms with van der Waals surface area (Å²) in [5.74, 6) is 0.110. The van der Waals surface area contributed by atoms with Crippen LogP contribution in [0, 0.1) is 5.82 Å². The van der Waals surface area contributed by atoms with E-state index >= 15 is 0 Å². The van der Waals surface area contributed by atoms with Crippen LogP contribution in [-0.2, 0) is 11.2 Å². The third-order valence-corrected chi connectivity index (χ3v) is 5.13. The zero-order valence-corrected chi connectivity index (χ0v) is 15.3. The van der Waals surface area contributed by atoms with E-state index in [0.717, 1.165) is 17.3 Å². The highest BCUT2D eigenvalue weighted by molar-refractivity contribution is 6.31. The van der Waals surface area contributed by atoms with Crippen LogP contribution < -0.4 is 4.74 Å². The van der Waals surface area contributed by atoms with Gasteiger partial charge in [-0.25, -0.2) is 4.39 Å². The predicted molar refractivity (Wildman–Crippen MR) is 102 cm³/mol. The molecule has 1 aromatic heterocycles. The van der Waals surface area contributed by atoms with Gasteiger partial charge in [0.15, 0.2) is 0 Å². The topological polar surface area (TPSA) is 42.4 Å². The number of fused-ring (bicyclic) bond motifs is 1. The molecule has 2 aromatic carbocycles. The number of likely N-dealkylation sites (tertiary alicyclic amines) is 1. The number of carbonyl (C=O) groups is 1. The summed E-state index contributed by atoms with van der Waals surface area (Å²) in [5.41, 5.74) is 1.05. The Balaban J connectivity index is 1.43. The van der Waals surface area contributed by atoms with Crippen LogP contribution in [0.4, 0.5) is 4.39 Å². The predicted octanol–water partition coefficient (Wildman–Crippen LogP) is 4.25. The largest absolute Gasteiger partial charge is 0.486 e. The summed E-state index contributed by atoms with van der Waals surface area (Å²) in [6, 6.07) is 14.1. The number of ether oxygens (including phenoxy) is 1. The molecule has 0 radical (unpaired) electrons. The van der Waals surface area contributed by atoms with Gasteiger partial charge in [0, 0.05) is 35.1 Å². The van der Waals surface area contributed by atoms with E-state index in [1.165, 1.54) is 12.1 Å². The van der Waals surface area contributed by atoms with Crippen LogP contribution in [0.5, 0.6) is 5.75 Å². The molecule has 6 heteroatoms. The second-order valence-electron chi connectivity index (χ2n) is 6.58. The molecular weight excluding hydrogens is 367 g/mol. The number of para-hydroxylation sites is 1. The molecule has 1 aliphatic heterocycles. The second kappa shape index (κ2) is 7.53. The average molecular weight is 385 g/mol. The van der Waals surface area contributed by atoms with E-state index < -0.39 is 5.82 Å². The van der Waals surface area contributed by atoms with Crippen molar-refractivity contribution in [2.45, 2.75) is 18.9 Å². The summed E-state index contributed by atoms with van der Waals surface area (Å²) in [5, 5.41) is 1.28. The molecule has 138 valence electrons. The summed E-state index contributed by atoms with van der Waals surface area (Å²) in [6.45, 7) is 1.04. The number of aromatic nitrogens is 1. The highest BCUT2D eigenvalue weighted by Crippen LogP contribution is 2.27. The Labute approximate surface area is 161 Å². The molecule has 3 aromatic rings. The standard InChI is InChI=1S/C21H18ClFN2O2/c22-17-6-2-7-18(23)16(17)12-20(26)25-11-9-15(13-25)27-19-8-1-4-14-5-3-10-24-21(14)19/h1-8,10,15H,9,11-13H2. The van der Waals surface area contributed by atoms with Gasteiger partial charge in [-0.3, -0.25) is 9.78 Å². The lowest BCUT2D eigenvalue weighted by Gasteiger charge is -2.18. The first kappa shape index (κ1) is 17.7. The van der Waals surface area contributed by atoms with Gasteiger partial charge in [0.1, 0.15) is 23.2 Å². The van der Waals surface area contributed by atoms with Crippen LogP contribution in [0.25, 0.3) is 10.9 Å². The number of rotatable bonds is 4. The number of nitrogens with zero attached hydrogens (tertiary/aromatic N) is 2. The molecule has 0 spiro atoms. The Hall–Kier alpha value is -2.66. The molecule has 1 amide bonds. The maximum absolute atomic E-state index is 13.9. The van der Waals surface area contributed by atoms with Gasteiger partial charge >= 0.3 is 0 Å². The molecule has 0 N–H and O–H groups in total. The number of pyridine rings is 1. The molecule has 1 saturated heterocycles. The number of benzene rings is 2. The van der Waals surface area contributed by atoms with Crippen molar-refractivity contribution >= 4 is 28.4 Å². The Morgan fingerprint density at radius 2 is 2.04 bits per heavy atom. The van der Waals surface area contributed by atoms with Gasteiger partial charge in [-0.1, -0.05) is 35.9 Å². The summed E-state index contributed by atoms with van der Waals surface area (Å²) in [7, 11) is 0. The third kappa shape index (κ3) is 3.74. The van der Waals surface area contributed by atoms with Crippen LogP contribution >= 0.6 is 11.6 Å². The van der Waals surface area contributed by atoms with Gasteiger partial charge in [0.2, 0.25) is 5.91 Å². The number of hydrogen-bond acceptors (Lipinski definition) is 3. The lowest BCUT2D eigenvalue weighted by molar-refractivity contribution is -0.129. The summed E-state index contributed by atoms with van der Waals surface area (Å²) in [4.78, 5) is 18.7. The molecule has 4 rings (SSSR count). The quantitative estimate of drug-likeness (QED) is 0.675. The zero-order chi connectivity index (χ0) is 18.8. The molecule has 4 nitrogen and oxygen atoms in total. The van der Waals surface area contributed by atoms with Crippen LogP contribution in [-0.4, -0.2) is 35.0 Å². The fourth-order valence-corrected chi connectivity index (χ4v) is 3.60. The number of hydrogen-bond donors (Lipinski definition) is 0. The second-order valence-corrected chi connectivity index (χ2v) is 6.98. The smallest absolute Gasteiger partial charge is 0.227 e. The van der Waals surface area contributed by atoms with Crippen molar-refractivity contribution in [3.63, 3.8) is 0 Å². The number of halogens is 2. The molecule has 0 bridgehead atoms. The van der Waals surface area contributed by atoms with Crippen molar-refractivity contribution < 1.29 is 13.9 Å². The zero-order valence-electron chi connectivity index (χ0n) is 14.6. The van der Waals surface area contributed by atoms with Gasteiger partial charge in [-0.05, 0) is 24.3 Å². The Morgan fingerprint density at radius 3 is 2.89 bits per heavy atom. The minimum atomic E-state index is -0.454. The average Bonchev–Trinajstić information content (AvgIpc) is 3.14. The SMILES string of the molecule is O=C(Cc1c(F)cccc1Cl)N1CCC(Oc2cccc3cccnc23)C1. The van der Waals surface area contributed by atoms with Crippen LogP contribution in [0.2, 0.25) is 5.02 Å². The van der Waals surface area contributed by atoms with E-state index in [9.17, 15) is 9.18 Å².